The zero-order valence-corrected chi connectivity index (χ0v) is 13.2. The van der Waals surface area contributed by atoms with Crippen molar-refractivity contribution in [3.8, 4) is 16.3 Å². The van der Waals surface area contributed by atoms with E-state index in [9.17, 15) is 4.79 Å². The van der Waals surface area contributed by atoms with E-state index in [2.05, 4.69) is 9.97 Å². The Labute approximate surface area is 137 Å². The Kier molecular flexibility index (Phi) is 4.63. The van der Waals surface area contributed by atoms with E-state index in [1.165, 1.54) is 11.3 Å². The van der Waals surface area contributed by atoms with E-state index in [4.69, 9.17) is 9.47 Å². The summed E-state index contributed by atoms with van der Waals surface area (Å²) in [6, 6.07) is 12.8. The summed E-state index contributed by atoms with van der Waals surface area (Å²) in [6.07, 6.45) is 1.56. The summed E-state index contributed by atoms with van der Waals surface area (Å²) < 4.78 is 10.4. The number of benzene rings is 1. The maximum atomic E-state index is 11.8. The monoisotopic (exact) mass is 326 g/mol. The minimum Gasteiger partial charge on any atom is -0.497 e. The second-order valence-electron chi connectivity index (χ2n) is 4.66. The van der Waals surface area contributed by atoms with Gasteiger partial charge in [0.25, 0.3) is 0 Å². The third kappa shape index (κ3) is 3.73. The molecule has 1 aromatic carbocycles. The van der Waals surface area contributed by atoms with Crippen LogP contribution in [0.3, 0.4) is 0 Å². The number of carbonyl (C=O) groups is 1. The van der Waals surface area contributed by atoms with Gasteiger partial charge in [-0.05, 0) is 36.4 Å². The predicted octanol–water partition coefficient (Wildman–Crippen LogP) is 3.57. The first-order valence-corrected chi connectivity index (χ1v) is 7.81. The van der Waals surface area contributed by atoms with Gasteiger partial charge in [-0.2, -0.15) is 0 Å². The van der Waals surface area contributed by atoms with Crippen molar-refractivity contribution < 1.29 is 14.3 Å². The normalized spacial score (nSPS) is 10.3. The summed E-state index contributed by atoms with van der Waals surface area (Å²) in [7, 11) is 1.63. The molecule has 0 unspecified atom stereocenters. The van der Waals surface area contributed by atoms with E-state index in [1.54, 1.807) is 31.5 Å². The zero-order chi connectivity index (χ0) is 16.1. The molecule has 3 rings (SSSR count). The fourth-order valence-electron chi connectivity index (χ4n) is 1.94. The van der Waals surface area contributed by atoms with E-state index < -0.39 is 5.97 Å². The quantitative estimate of drug-likeness (QED) is 0.671. The standard InChI is InChI=1S/C17H14N2O3S/c1-21-14-7-5-12(6-8-14)16-19-13(11-23-16)10-22-17(20)15-4-2-3-9-18-15/h2-9,11H,10H2,1H3. The molecule has 0 saturated heterocycles. The van der Waals surface area contributed by atoms with Crippen molar-refractivity contribution in [3.63, 3.8) is 0 Å². The molecule has 0 radical (unpaired) electrons. The second-order valence-corrected chi connectivity index (χ2v) is 5.52. The maximum absolute atomic E-state index is 11.8. The van der Waals surface area contributed by atoms with Crippen molar-refractivity contribution in [1.29, 1.82) is 0 Å². The van der Waals surface area contributed by atoms with Gasteiger partial charge in [-0.1, -0.05) is 6.07 Å². The molecule has 0 amide bonds. The molecule has 2 heterocycles. The average Bonchev–Trinajstić information content (AvgIpc) is 3.09. The number of rotatable bonds is 5. The molecule has 0 bridgehead atoms. The summed E-state index contributed by atoms with van der Waals surface area (Å²) in [4.78, 5) is 20.3. The minimum absolute atomic E-state index is 0.127. The van der Waals surface area contributed by atoms with Gasteiger partial charge in [-0.3, -0.25) is 0 Å². The molecule has 2 aromatic heterocycles. The predicted molar refractivity (Wildman–Crippen MR) is 87.5 cm³/mol. The molecule has 3 aromatic rings. The summed E-state index contributed by atoms with van der Waals surface area (Å²) in [5.41, 5.74) is 2.00. The number of carbonyl (C=O) groups excluding carboxylic acids is 1. The summed E-state index contributed by atoms with van der Waals surface area (Å²) in [5.74, 6) is 0.347. The van der Waals surface area contributed by atoms with Crippen LogP contribution in [0, 0.1) is 0 Å². The summed E-state index contributed by atoms with van der Waals surface area (Å²) >= 11 is 1.50. The van der Waals surface area contributed by atoms with E-state index in [0.29, 0.717) is 5.69 Å². The highest BCUT2D eigenvalue weighted by atomic mass is 32.1. The van der Waals surface area contributed by atoms with Gasteiger partial charge in [-0.15, -0.1) is 11.3 Å². The second kappa shape index (κ2) is 7.02. The molecule has 0 atom stereocenters. The van der Waals surface area contributed by atoms with Crippen LogP contribution in [0.25, 0.3) is 10.6 Å². The van der Waals surface area contributed by atoms with Gasteiger partial charge in [0, 0.05) is 17.1 Å². The van der Waals surface area contributed by atoms with Gasteiger partial charge in [-0.25, -0.2) is 14.8 Å². The van der Waals surface area contributed by atoms with Crippen LogP contribution in [0.2, 0.25) is 0 Å². The Morgan fingerprint density at radius 1 is 1.17 bits per heavy atom. The summed E-state index contributed by atoms with van der Waals surface area (Å²) in [5, 5.41) is 2.75. The van der Waals surface area contributed by atoms with Crippen molar-refractivity contribution in [2.75, 3.05) is 7.11 Å². The third-order valence-electron chi connectivity index (χ3n) is 3.11. The Bertz CT molecular complexity index is 785. The summed E-state index contributed by atoms with van der Waals surface area (Å²) in [6.45, 7) is 0.127. The van der Waals surface area contributed by atoms with Crippen molar-refractivity contribution >= 4 is 17.3 Å². The largest absolute Gasteiger partial charge is 0.497 e. The molecule has 116 valence electrons. The van der Waals surface area contributed by atoms with Crippen LogP contribution in [0.4, 0.5) is 0 Å². The van der Waals surface area contributed by atoms with E-state index in [-0.39, 0.29) is 12.3 Å². The molecule has 6 heteroatoms. The molecule has 0 fully saturated rings. The highest BCUT2D eigenvalue weighted by Crippen LogP contribution is 2.26. The Morgan fingerprint density at radius 2 is 2.00 bits per heavy atom. The third-order valence-corrected chi connectivity index (χ3v) is 4.05. The average molecular weight is 326 g/mol. The highest BCUT2D eigenvalue weighted by molar-refractivity contribution is 7.13. The van der Waals surface area contributed by atoms with Gasteiger partial charge >= 0.3 is 5.97 Å². The lowest BCUT2D eigenvalue weighted by Gasteiger charge is -2.02. The fourth-order valence-corrected chi connectivity index (χ4v) is 2.75. The van der Waals surface area contributed by atoms with E-state index >= 15 is 0 Å². The van der Waals surface area contributed by atoms with Crippen LogP contribution < -0.4 is 4.74 Å². The van der Waals surface area contributed by atoms with Crippen molar-refractivity contribution in [1.82, 2.24) is 9.97 Å². The number of thiazole rings is 1. The van der Waals surface area contributed by atoms with Crippen LogP contribution in [0.5, 0.6) is 5.75 Å². The molecule has 0 aliphatic carbocycles. The number of hydrogen-bond acceptors (Lipinski definition) is 6. The van der Waals surface area contributed by atoms with Gasteiger partial charge in [0.2, 0.25) is 0 Å². The van der Waals surface area contributed by atoms with Crippen LogP contribution in [0.15, 0.2) is 54.0 Å². The molecule has 0 aliphatic rings. The first kappa shape index (κ1) is 15.2. The van der Waals surface area contributed by atoms with Crippen LogP contribution >= 0.6 is 11.3 Å². The van der Waals surface area contributed by atoms with Gasteiger partial charge in [0.15, 0.2) is 0 Å². The Hall–Kier alpha value is -2.73. The molecule has 0 aliphatic heterocycles. The van der Waals surface area contributed by atoms with Crippen molar-refractivity contribution in [3.05, 3.63) is 65.4 Å². The Balaban J connectivity index is 1.64. The topological polar surface area (TPSA) is 61.3 Å². The molecule has 0 spiro atoms. The first-order chi connectivity index (χ1) is 11.3. The number of aromatic nitrogens is 2. The van der Waals surface area contributed by atoms with Crippen LogP contribution in [0.1, 0.15) is 16.2 Å². The van der Waals surface area contributed by atoms with Crippen molar-refractivity contribution in [2.45, 2.75) is 6.61 Å². The maximum Gasteiger partial charge on any atom is 0.357 e. The minimum atomic E-state index is -0.454. The van der Waals surface area contributed by atoms with Gasteiger partial charge < -0.3 is 9.47 Å². The Morgan fingerprint density at radius 3 is 2.70 bits per heavy atom. The number of nitrogens with zero attached hydrogens (tertiary/aromatic N) is 2. The lowest BCUT2D eigenvalue weighted by atomic mass is 10.2. The zero-order valence-electron chi connectivity index (χ0n) is 12.4. The van der Waals surface area contributed by atoms with Crippen LogP contribution in [-0.2, 0) is 11.3 Å². The lowest BCUT2D eigenvalue weighted by Crippen LogP contribution is -2.07. The van der Waals surface area contributed by atoms with E-state index in [1.807, 2.05) is 29.6 Å². The number of hydrogen-bond donors (Lipinski definition) is 0. The van der Waals surface area contributed by atoms with Gasteiger partial charge in [0.05, 0.1) is 12.8 Å². The van der Waals surface area contributed by atoms with Gasteiger partial charge in [0.1, 0.15) is 23.1 Å². The lowest BCUT2D eigenvalue weighted by molar-refractivity contribution is 0.0461. The number of pyridine rings is 1. The molecule has 5 nitrogen and oxygen atoms in total. The SMILES string of the molecule is COc1ccc(-c2nc(COC(=O)c3ccccn3)cs2)cc1. The smallest absolute Gasteiger partial charge is 0.357 e. The molecule has 23 heavy (non-hydrogen) atoms. The van der Waals surface area contributed by atoms with Crippen LogP contribution in [-0.4, -0.2) is 23.0 Å². The molecule has 0 saturated carbocycles. The number of ether oxygens (including phenoxy) is 2. The molecular weight excluding hydrogens is 312 g/mol. The van der Waals surface area contributed by atoms with Crippen molar-refractivity contribution in [2.24, 2.45) is 0 Å². The molecular formula is C17H14N2O3S. The van der Waals surface area contributed by atoms with E-state index in [0.717, 1.165) is 16.3 Å². The molecule has 0 N–H and O–H groups in total. The first-order valence-electron chi connectivity index (χ1n) is 6.93. The number of methoxy groups -OCH3 is 1. The fraction of sp³-hybridized carbons (Fsp3) is 0.118. The number of esters is 1. The highest BCUT2D eigenvalue weighted by Gasteiger charge is 2.10.